The minimum absolute atomic E-state index is 0.354. The molecule has 0 saturated carbocycles. The molecule has 0 bridgehead atoms. The summed E-state index contributed by atoms with van der Waals surface area (Å²) in [5.74, 6) is 0.0889. The number of carbonyl (C=O) groups is 2. The number of ether oxygens (including phenoxy) is 2. The Morgan fingerprint density at radius 1 is 1.03 bits per heavy atom. The first-order chi connectivity index (χ1) is 14.4. The highest BCUT2D eigenvalue weighted by molar-refractivity contribution is 7.14. The second kappa shape index (κ2) is 10.0. The van der Waals surface area contributed by atoms with Crippen molar-refractivity contribution in [3.63, 3.8) is 0 Å². The van der Waals surface area contributed by atoms with Crippen molar-refractivity contribution >= 4 is 28.3 Å². The molecule has 0 aliphatic carbocycles. The Kier molecular flexibility index (Phi) is 7.19. The summed E-state index contributed by atoms with van der Waals surface area (Å²) < 4.78 is 10.9. The van der Waals surface area contributed by atoms with Gasteiger partial charge in [-0.25, -0.2) is 9.78 Å². The van der Waals surface area contributed by atoms with E-state index in [1.54, 1.807) is 24.3 Å². The molecule has 0 aliphatic rings. The standard InChI is InChI=1S/C23H24N2O4S/c1-15(2)13-28-19-11-9-18(10-12-19)22(27)29-16(3)21(26)25-23-24-20(14-30-23)17-7-5-4-6-8-17/h4-12,14-16H,13H2,1-3H3,(H,24,25,26). The molecule has 30 heavy (non-hydrogen) atoms. The molecule has 0 fully saturated rings. The zero-order chi connectivity index (χ0) is 21.5. The molecule has 1 atom stereocenters. The SMILES string of the molecule is CC(C)COc1ccc(C(=O)OC(C)C(=O)Nc2nc(-c3ccccc3)cs2)cc1. The van der Waals surface area contributed by atoms with Crippen molar-refractivity contribution in [3.8, 4) is 17.0 Å². The number of thiazole rings is 1. The van der Waals surface area contributed by atoms with Crippen molar-refractivity contribution in [1.29, 1.82) is 0 Å². The van der Waals surface area contributed by atoms with Crippen LogP contribution in [0.25, 0.3) is 11.3 Å². The van der Waals surface area contributed by atoms with E-state index in [1.165, 1.54) is 18.3 Å². The number of esters is 1. The van der Waals surface area contributed by atoms with Crippen molar-refractivity contribution in [3.05, 3.63) is 65.5 Å². The van der Waals surface area contributed by atoms with Crippen LogP contribution in [0.5, 0.6) is 5.75 Å². The number of amides is 1. The summed E-state index contributed by atoms with van der Waals surface area (Å²) in [4.78, 5) is 29.1. The van der Waals surface area contributed by atoms with Gasteiger partial charge in [-0.05, 0) is 37.1 Å². The van der Waals surface area contributed by atoms with Gasteiger partial charge >= 0.3 is 5.97 Å². The number of hydrogen-bond acceptors (Lipinski definition) is 6. The van der Waals surface area contributed by atoms with Crippen molar-refractivity contribution in [2.24, 2.45) is 5.92 Å². The van der Waals surface area contributed by atoms with E-state index in [1.807, 2.05) is 35.7 Å². The van der Waals surface area contributed by atoms with E-state index in [4.69, 9.17) is 9.47 Å². The zero-order valence-electron chi connectivity index (χ0n) is 17.1. The minimum atomic E-state index is -0.960. The normalized spacial score (nSPS) is 11.7. The van der Waals surface area contributed by atoms with Gasteiger partial charge in [-0.1, -0.05) is 44.2 Å². The predicted molar refractivity (Wildman–Crippen MR) is 118 cm³/mol. The van der Waals surface area contributed by atoms with Gasteiger partial charge in [-0.15, -0.1) is 11.3 Å². The summed E-state index contributed by atoms with van der Waals surface area (Å²) in [5.41, 5.74) is 2.10. The molecular formula is C23H24N2O4S. The van der Waals surface area contributed by atoms with Crippen LogP contribution in [0.4, 0.5) is 5.13 Å². The van der Waals surface area contributed by atoms with Crippen LogP contribution in [0, 0.1) is 5.92 Å². The van der Waals surface area contributed by atoms with Gasteiger partial charge < -0.3 is 9.47 Å². The van der Waals surface area contributed by atoms with Crippen LogP contribution in [0.3, 0.4) is 0 Å². The fourth-order valence-electron chi connectivity index (χ4n) is 2.51. The molecule has 1 aromatic heterocycles. The highest BCUT2D eigenvalue weighted by atomic mass is 32.1. The van der Waals surface area contributed by atoms with Gasteiger partial charge in [0, 0.05) is 10.9 Å². The summed E-state index contributed by atoms with van der Waals surface area (Å²) >= 11 is 1.32. The second-order valence-electron chi connectivity index (χ2n) is 7.17. The number of rotatable bonds is 8. The van der Waals surface area contributed by atoms with E-state index in [2.05, 4.69) is 24.1 Å². The van der Waals surface area contributed by atoms with E-state index in [-0.39, 0.29) is 0 Å². The molecule has 3 rings (SSSR count). The molecule has 2 aromatic carbocycles. The third kappa shape index (κ3) is 5.90. The maximum atomic E-state index is 12.4. The van der Waals surface area contributed by atoms with Gasteiger partial charge in [-0.3, -0.25) is 10.1 Å². The fourth-order valence-corrected chi connectivity index (χ4v) is 3.23. The lowest BCUT2D eigenvalue weighted by Gasteiger charge is -2.13. The Bertz CT molecular complexity index is 984. The summed E-state index contributed by atoms with van der Waals surface area (Å²) in [6, 6.07) is 16.4. The van der Waals surface area contributed by atoms with Crippen LogP contribution >= 0.6 is 11.3 Å². The van der Waals surface area contributed by atoms with E-state index >= 15 is 0 Å². The van der Waals surface area contributed by atoms with Crippen LogP contribution in [0.15, 0.2) is 60.0 Å². The van der Waals surface area contributed by atoms with Crippen molar-refractivity contribution in [1.82, 2.24) is 4.98 Å². The first-order valence-corrected chi connectivity index (χ1v) is 10.6. The summed E-state index contributed by atoms with van der Waals surface area (Å²) in [6.07, 6.45) is -0.960. The maximum absolute atomic E-state index is 12.4. The highest BCUT2D eigenvalue weighted by Gasteiger charge is 2.20. The van der Waals surface area contributed by atoms with E-state index in [0.29, 0.717) is 29.0 Å². The lowest BCUT2D eigenvalue weighted by Crippen LogP contribution is -2.29. The molecule has 1 N–H and O–H groups in total. The monoisotopic (exact) mass is 424 g/mol. The van der Waals surface area contributed by atoms with E-state index < -0.39 is 18.0 Å². The third-order valence-corrected chi connectivity index (χ3v) is 4.89. The first-order valence-electron chi connectivity index (χ1n) is 9.68. The molecule has 3 aromatic rings. The molecule has 7 heteroatoms. The second-order valence-corrected chi connectivity index (χ2v) is 8.03. The molecule has 1 amide bonds. The molecule has 6 nitrogen and oxygen atoms in total. The Morgan fingerprint density at radius 3 is 2.40 bits per heavy atom. The Balaban J connectivity index is 1.54. The minimum Gasteiger partial charge on any atom is -0.493 e. The Hall–Kier alpha value is -3.19. The molecular weight excluding hydrogens is 400 g/mol. The first kappa shape index (κ1) is 21.5. The van der Waals surface area contributed by atoms with Crippen molar-refractivity contribution in [2.45, 2.75) is 26.9 Å². The van der Waals surface area contributed by atoms with Gasteiger partial charge in [0.15, 0.2) is 11.2 Å². The van der Waals surface area contributed by atoms with Crippen LogP contribution in [0.1, 0.15) is 31.1 Å². The number of aromatic nitrogens is 1. The predicted octanol–water partition coefficient (Wildman–Crippen LogP) is 5.03. The van der Waals surface area contributed by atoms with Gasteiger partial charge in [-0.2, -0.15) is 0 Å². The van der Waals surface area contributed by atoms with Crippen molar-refractivity contribution in [2.75, 3.05) is 11.9 Å². The van der Waals surface area contributed by atoms with Gasteiger partial charge in [0.1, 0.15) is 5.75 Å². The summed E-state index contributed by atoms with van der Waals surface area (Å²) in [6.45, 7) is 6.25. The molecule has 0 radical (unpaired) electrons. The van der Waals surface area contributed by atoms with E-state index in [0.717, 1.165) is 11.3 Å². The van der Waals surface area contributed by atoms with Crippen LogP contribution in [-0.4, -0.2) is 29.6 Å². The summed E-state index contributed by atoms with van der Waals surface area (Å²) in [7, 11) is 0. The maximum Gasteiger partial charge on any atom is 0.338 e. The number of carbonyl (C=O) groups excluding carboxylic acids is 2. The van der Waals surface area contributed by atoms with Crippen LogP contribution in [-0.2, 0) is 9.53 Å². The molecule has 0 aliphatic heterocycles. The van der Waals surface area contributed by atoms with Gasteiger partial charge in [0.2, 0.25) is 0 Å². The average molecular weight is 425 g/mol. The smallest absolute Gasteiger partial charge is 0.338 e. The number of anilines is 1. The largest absolute Gasteiger partial charge is 0.493 e. The lowest BCUT2D eigenvalue weighted by atomic mass is 10.2. The van der Waals surface area contributed by atoms with Gasteiger partial charge in [0.05, 0.1) is 17.9 Å². The zero-order valence-corrected chi connectivity index (χ0v) is 17.9. The molecule has 1 unspecified atom stereocenters. The van der Waals surface area contributed by atoms with Gasteiger partial charge in [0.25, 0.3) is 5.91 Å². The molecule has 0 saturated heterocycles. The number of nitrogens with one attached hydrogen (secondary N) is 1. The fraction of sp³-hybridized carbons (Fsp3) is 0.261. The molecule has 0 spiro atoms. The van der Waals surface area contributed by atoms with Crippen LogP contribution in [0.2, 0.25) is 0 Å². The highest BCUT2D eigenvalue weighted by Crippen LogP contribution is 2.24. The molecule has 1 heterocycles. The third-order valence-electron chi connectivity index (χ3n) is 4.13. The Morgan fingerprint density at radius 2 is 1.73 bits per heavy atom. The van der Waals surface area contributed by atoms with Crippen LogP contribution < -0.4 is 10.1 Å². The van der Waals surface area contributed by atoms with E-state index in [9.17, 15) is 9.59 Å². The number of nitrogens with zero attached hydrogens (tertiary/aromatic N) is 1. The topological polar surface area (TPSA) is 77.5 Å². The molecule has 156 valence electrons. The number of benzene rings is 2. The average Bonchev–Trinajstić information content (AvgIpc) is 3.21. The van der Waals surface area contributed by atoms with Crippen molar-refractivity contribution < 1.29 is 19.1 Å². The summed E-state index contributed by atoms with van der Waals surface area (Å²) in [5, 5.41) is 5.01. The lowest BCUT2D eigenvalue weighted by molar-refractivity contribution is -0.123. The quantitative estimate of drug-likeness (QED) is 0.513. The Labute approximate surface area is 179 Å². The number of hydrogen-bond donors (Lipinski definition) is 1.